The Morgan fingerprint density at radius 2 is 1.69 bits per heavy atom. The van der Waals surface area contributed by atoms with E-state index in [2.05, 4.69) is 10.3 Å². The first-order chi connectivity index (χ1) is 15.4. The monoisotopic (exact) mass is 431 g/mol. The van der Waals surface area contributed by atoms with Crippen molar-refractivity contribution in [2.24, 2.45) is 5.41 Å². The van der Waals surface area contributed by atoms with Gasteiger partial charge in [-0.2, -0.15) is 0 Å². The van der Waals surface area contributed by atoms with Crippen molar-refractivity contribution in [1.82, 2.24) is 10.3 Å². The van der Waals surface area contributed by atoms with E-state index in [0.717, 1.165) is 16.2 Å². The Kier molecular flexibility index (Phi) is 5.81. The molecule has 32 heavy (non-hydrogen) atoms. The molecule has 2 aromatic carbocycles. The number of nitrogens with zero attached hydrogens (tertiary/aromatic N) is 2. The second kappa shape index (κ2) is 8.70. The van der Waals surface area contributed by atoms with Crippen LogP contribution in [0, 0.1) is 18.2 Å². The van der Waals surface area contributed by atoms with Crippen molar-refractivity contribution in [3.8, 4) is 0 Å². The molecular weight excluding hydrogens is 409 g/mol. The molecule has 0 aliphatic carbocycles. The maximum Gasteiger partial charge on any atom is 0.335 e. The third-order valence-corrected chi connectivity index (χ3v) is 5.72. The first-order valence-electron chi connectivity index (χ1n) is 10.3. The zero-order chi connectivity index (χ0) is 22.7. The number of anilines is 1. The molecule has 4 amide bonds. The highest BCUT2D eigenvalue weighted by atomic mass is 19.1. The highest BCUT2D eigenvalue weighted by Gasteiger charge is 2.54. The summed E-state index contributed by atoms with van der Waals surface area (Å²) in [6.45, 7) is 1.90. The largest absolute Gasteiger partial charge is 0.335 e. The number of hydrogen-bond acceptors (Lipinski definition) is 4. The summed E-state index contributed by atoms with van der Waals surface area (Å²) < 4.78 is 13.4. The Bertz CT molecular complexity index is 1150. The number of nitrogens with one attached hydrogen (secondary N) is 1. The number of imide groups is 2. The molecule has 4 rings (SSSR count). The molecule has 1 N–H and O–H groups in total. The maximum atomic E-state index is 13.8. The van der Waals surface area contributed by atoms with Gasteiger partial charge in [0.05, 0.1) is 5.69 Å². The Hall–Kier alpha value is -3.87. The van der Waals surface area contributed by atoms with Crippen LogP contribution in [-0.4, -0.2) is 22.8 Å². The minimum atomic E-state index is -1.55. The zero-order valence-corrected chi connectivity index (χ0v) is 17.5. The lowest BCUT2D eigenvalue weighted by atomic mass is 9.74. The number of carbonyl (C=O) groups is 3. The average Bonchev–Trinajstić information content (AvgIpc) is 2.79. The van der Waals surface area contributed by atoms with Gasteiger partial charge in [-0.25, -0.2) is 14.1 Å². The van der Waals surface area contributed by atoms with E-state index in [1.807, 2.05) is 19.1 Å². The van der Waals surface area contributed by atoms with Crippen molar-refractivity contribution in [3.63, 3.8) is 0 Å². The summed E-state index contributed by atoms with van der Waals surface area (Å²) in [5, 5.41) is 2.36. The fourth-order valence-corrected chi connectivity index (χ4v) is 3.91. The first-order valence-corrected chi connectivity index (χ1v) is 10.3. The lowest BCUT2D eigenvalue weighted by Gasteiger charge is -2.39. The van der Waals surface area contributed by atoms with Gasteiger partial charge in [0, 0.05) is 11.9 Å². The number of carbonyl (C=O) groups excluding carboxylic acids is 3. The van der Waals surface area contributed by atoms with Crippen molar-refractivity contribution in [2.45, 2.75) is 26.2 Å². The molecule has 1 saturated heterocycles. The molecule has 1 aliphatic heterocycles. The van der Waals surface area contributed by atoms with Crippen LogP contribution in [0.5, 0.6) is 0 Å². The number of pyridine rings is 1. The topological polar surface area (TPSA) is 79.4 Å². The van der Waals surface area contributed by atoms with Crippen molar-refractivity contribution < 1.29 is 18.8 Å². The van der Waals surface area contributed by atoms with Gasteiger partial charge in [-0.15, -0.1) is 0 Å². The summed E-state index contributed by atoms with van der Waals surface area (Å²) in [6, 6.07) is 17.3. The molecule has 162 valence electrons. The summed E-state index contributed by atoms with van der Waals surface area (Å²) in [6.07, 6.45) is 2.17. The molecule has 1 aromatic heterocycles. The molecule has 6 nitrogen and oxygen atoms in total. The standard InChI is InChI=1S/C25H22FN3O3/c1-17-5-11-21(12-6-17)29-23(31)25(22(30)28-24(29)32,14-13-20-4-2-3-15-27-20)16-18-7-9-19(26)10-8-18/h2-12,15H,13-14,16H2,1H3,(H,28,30,32). The van der Waals surface area contributed by atoms with E-state index >= 15 is 0 Å². The maximum absolute atomic E-state index is 13.8. The van der Waals surface area contributed by atoms with E-state index in [0.29, 0.717) is 17.7 Å². The number of aromatic nitrogens is 1. The SMILES string of the molecule is Cc1ccc(N2C(=O)NC(=O)C(CCc3ccccn3)(Cc3ccc(F)cc3)C2=O)cc1. The first kappa shape index (κ1) is 21.4. The highest BCUT2D eigenvalue weighted by molar-refractivity contribution is 6.30. The Labute approximate surface area is 185 Å². The minimum Gasteiger partial charge on any atom is -0.276 e. The van der Waals surface area contributed by atoms with Crippen LogP contribution in [-0.2, 0) is 22.4 Å². The molecule has 0 bridgehead atoms. The van der Waals surface area contributed by atoms with Crippen LogP contribution >= 0.6 is 0 Å². The van der Waals surface area contributed by atoms with Gasteiger partial charge in [-0.3, -0.25) is 19.9 Å². The normalized spacial score (nSPS) is 18.6. The average molecular weight is 431 g/mol. The molecule has 0 radical (unpaired) electrons. The lowest BCUT2D eigenvalue weighted by Crippen LogP contribution is -2.65. The van der Waals surface area contributed by atoms with Crippen molar-refractivity contribution in [3.05, 3.63) is 95.6 Å². The van der Waals surface area contributed by atoms with Gasteiger partial charge in [-0.1, -0.05) is 35.9 Å². The van der Waals surface area contributed by atoms with Crippen LogP contribution in [0.1, 0.15) is 23.2 Å². The van der Waals surface area contributed by atoms with Gasteiger partial charge < -0.3 is 0 Å². The molecule has 7 heteroatoms. The van der Waals surface area contributed by atoms with E-state index in [9.17, 15) is 18.8 Å². The lowest BCUT2D eigenvalue weighted by molar-refractivity contribution is -0.143. The van der Waals surface area contributed by atoms with Crippen LogP contribution in [0.3, 0.4) is 0 Å². The fourth-order valence-electron chi connectivity index (χ4n) is 3.91. The second-order valence-corrected chi connectivity index (χ2v) is 7.94. The molecule has 0 spiro atoms. The second-order valence-electron chi connectivity index (χ2n) is 7.94. The van der Waals surface area contributed by atoms with Crippen LogP contribution < -0.4 is 10.2 Å². The van der Waals surface area contributed by atoms with Crippen LogP contribution in [0.25, 0.3) is 0 Å². The van der Waals surface area contributed by atoms with Gasteiger partial charge in [-0.05, 0) is 68.1 Å². The number of barbiturate groups is 1. The molecule has 3 aromatic rings. The molecule has 1 fully saturated rings. The Morgan fingerprint density at radius 1 is 0.969 bits per heavy atom. The third-order valence-electron chi connectivity index (χ3n) is 5.72. The third kappa shape index (κ3) is 4.14. The van der Waals surface area contributed by atoms with Gasteiger partial charge in [0.2, 0.25) is 5.91 Å². The van der Waals surface area contributed by atoms with Gasteiger partial charge in [0.25, 0.3) is 5.91 Å². The number of halogens is 1. The summed E-state index contributed by atoms with van der Waals surface area (Å²) in [7, 11) is 0. The van der Waals surface area contributed by atoms with Gasteiger partial charge >= 0.3 is 6.03 Å². The fraction of sp³-hybridized carbons (Fsp3) is 0.200. The van der Waals surface area contributed by atoms with Crippen molar-refractivity contribution in [1.29, 1.82) is 0 Å². The van der Waals surface area contributed by atoms with E-state index in [1.165, 1.54) is 12.1 Å². The predicted octanol–water partition coefficient (Wildman–Crippen LogP) is 3.97. The van der Waals surface area contributed by atoms with E-state index in [-0.39, 0.29) is 12.8 Å². The summed E-state index contributed by atoms with van der Waals surface area (Å²) in [4.78, 5) is 45.0. The van der Waals surface area contributed by atoms with Crippen molar-refractivity contribution in [2.75, 3.05) is 4.90 Å². The van der Waals surface area contributed by atoms with Crippen molar-refractivity contribution >= 4 is 23.5 Å². The molecule has 0 saturated carbocycles. The predicted molar refractivity (Wildman–Crippen MR) is 117 cm³/mol. The molecule has 1 atom stereocenters. The van der Waals surface area contributed by atoms with Gasteiger partial charge in [0.1, 0.15) is 11.2 Å². The summed E-state index contributed by atoms with van der Waals surface area (Å²) in [5.74, 6) is -1.67. The van der Waals surface area contributed by atoms with E-state index in [1.54, 1.807) is 48.7 Å². The van der Waals surface area contributed by atoms with Crippen LogP contribution in [0.2, 0.25) is 0 Å². The molecule has 2 heterocycles. The van der Waals surface area contributed by atoms with E-state index < -0.39 is 29.1 Å². The van der Waals surface area contributed by atoms with E-state index in [4.69, 9.17) is 0 Å². The summed E-state index contributed by atoms with van der Waals surface area (Å²) >= 11 is 0. The number of rotatable bonds is 6. The smallest absolute Gasteiger partial charge is 0.276 e. The number of urea groups is 1. The number of hydrogen-bond donors (Lipinski definition) is 1. The quantitative estimate of drug-likeness (QED) is 0.599. The van der Waals surface area contributed by atoms with Crippen LogP contribution in [0.15, 0.2) is 72.9 Å². The van der Waals surface area contributed by atoms with Crippen LogP contribution in [0.4, 0.5) is 14.9 Å². The molecular formula is C25H22FN3O3. The summed E-state index contributed by atoms with van der Waals surface area (Å²) in [5.41, 5.74) is 1.16. The van der Waals surface area contributed by atoms with Gasteiger partial charge in [0.15, 0.2) is 0 Å². The zero-order valence-electron chi connectivity index (χ0n) is 17.5. The molecule has 1 aliphatic rings. The Morgan fingerprint density at radius 3 is 2.34 bits per heavy atom. The molecule has 1 unspecified atom stereocenters. The Balaban J connectivity index is 1.75. The minimum absolute atomic E-state index is 0.0282. The number of amides is 4. The highest BCUT2D eigenvalue weighted by Crippen LogP contribution is 2.36. The number of aryl methyl sites for hydroxylation is 2. The number of benzene rings is 2.